The Bertz CT molecular complexity index is 586. The zero-order valence-electron chi connectivity index (χ0n) is 12.7. The summed E-state index contributed by atoms with van der Waals surface area (Å²) in [5.41, 5.74) is 1.02. The topological polar surface area (TPSA) is 66.8 Å². The van der Waals surface area contributed by atoms with Crippen molar-refractivity contribution in [3.05, 3.63) is 29.8 Å². The van der Waals surface area contributed by atoms with E-state index < -0.39 is 12.0 Å². The van der Waals surface area contributed by atoms with Gasteiger partial charge in [-0.05, 0) is 36.8 Å². The molecule has 5 heteroatoms. The van der Waals surface area contributed by atoms with Crippen LogP contribution in [0.5, 0.6) is 5.75 Å². The highest BCUT2D eigenvalue weighted by Crippen LogP contribution is 2.30. The van der Waals surface area contributed by atoms with Crippen LogP contribution in [-0.2, 0) is 16.0 Å². The molecule has 0 saturated carbocycles. The largest absolute Gasteiger partial charge is 0.492 e. The number of amides is 1. The Labute approximate surface area is 129 Å². The van der Waals surface area contributed by atoms with Crippen molar-refractivity contribution in [1.82, 2.24) is 4.90 Å². The number of carboxylic acids is 1. The summed E-state index contributed by atoms with van der Waals surface area (Å²) in [6, 6.07) is 7.00. The van der Waals surface area contributed by atoms with Crippen molar-refractivity contribution >= 4 is 11.9 Å². The van der Waals surface area contributed by atoms with Crippen LogP contribution in [0.1, 0.15) is 25.3 Å². The van der Waals surface area contributed by atoms with Gasteiger partial charge in [0.05, 0.1) is 5.92 Å². The van der Waals surface area contributed by atoms with E-state index in [2.05, 4.69) is 0 Å². The molecular weight excluding hydrogens is 282 g/mol. The lowest BCUT2D eigenvalue weighted by Crippen LogP contribution is -2.53. The maximum Gasteiger partial charge on any atom is 0.326 e. The fraction of sp³-hybridized carbons (Fsp3) is 0.529. The molecule has 5 nitrogen and oxygen atoms in total. The zero-order chi connectivity index (χ0) is 15.7. The van der Waals surface area contributed by atoms with Gasteiger partial charge in [0.1, 0.15) is 18.4 Å². The van der Waals surface area contributed by atoms with E-state index in [0.717, 1.165) is 17.7 Å². The molecule has 0 radical (unpaired) electrons. The van der Waals surface area contributed by atoms with Crippen LogP contribution in [0.15, 0.2) is 24.3 Å². The van der Waals surface area contributed by atoms with Crippen molar-refractivity contribution in [2.45, 2.75) is 32.2 Å². The van der Waals surface area contributed by atoms with Gasteiger partial charge in [-0.25, -0.2) is 4.79 Å². The third-order valence-electron chi connectivity index (χ3n) is 4.66. The molecule has 2 heterocycles. The molecule has 2 aliphatic heterocycles. The number of piperidine rings is 1. The number of carbonyl (C=O) groups is 2. The van der Waals surface area contributed by atoms with Crippen LogP contribution in [0, 0.1) is 11.8 Å². The first-order chi connectivity index (χ1) is 10.6. The highest BCUT2D eigenvalue weighted by molar-refractivity contribution is 5.86. The van der Waals surface area contributed by atoms with Crippen LogP contribution in [0.25, 0.3) is 0 Å². The molecule has 2 aliphatic rings. The predicted octanol–water partition coefficient (Wildman–Crippen LogP) is 1.95. The van der Waals surface area contributed by atoms with Crippen molar-refractivity contribution in [2.75, 3.05) is 13.2 Å². The van der Waals surface area contributed by atoms with Gasteiger partial charge in [-0.2, -0.15) is 0 Å². The normalized spacial score (nSPS) is 27.7. The van der Waals surface area contributed by atoms with E-state index in [1.54, 1.807) is 4.90 Å². The number of aliphatic carboxylic acids is 1. The van der Waals surface area contributed by atoms with Gasteiger partial charge in [-0.3, -0.25) is 4.79 Å². The first-order valence-corrected chi connectivity index (χ1v) is 7.80. The summed E-state index contributed by atoms with van der Waals surface area (Å²) >= 11 is 0. The summed E-state index contributed by atoms with van der Waals surface area (Å²) in [6.07, 6.45) is 2.01. The SMILES string of the molecule is CC1CCN(C(=O)C2COc3ccccc3C2)C(C(=O)O)C1. The summed E-state index contributed by atoms with van der Waals surface area (Å²) in [5, 5.41) is 9.41. The number of para-hydroxylation sites is 1. The molecule has 0 bridgehead atoms. The molecule has 1 aromatic carbocycles. The maximum atomic E-state index is 12.8. The summed E-state index contributed by atoms with van der Waals surface area (Å²) in [6.45, 7) is 2.89. The van der Waals surface area contributed by atoms with Crippen LogP contribution in [0.2, 0.25) is 0 Å². The molecule has 3 atom stereocenters. The van der Waals surface area contributed by atoms with E-state index in [1.165, 1.54) is 0 Å². The van der Waals surface area contributed by atoms with E-state index >= 15 is 0 Å². The molecule has 118 valence electrons. The van der Waals surface area contributed by atoms with Gasteiger partial charge in [-0.15, -0.1) is 0 Å². The highest BCUT2D eigenvalue weighted by Gasteiger charge is 2.38. The average Bonchev–Trinajstić information content (AvgIpc) is 2.53. The standard InChI is InChI=1S/C17H21NO4/c1-11-6-7-18(14(8-11)17(20)21)16(19)13-9-12-4-2-3-5-15(12)22-10-13/h2-5,11,13-14H,6-10H2,1H3,(H,20,21). The third kappa shape index (κ3) is 2.80. The molecule has 3 unspecified atom stereocenters. The molecule has 0 aromatic heterocycles. The average molecular weight is 303 g/mol. The molecule has 1 amide bonds. The number of rotatable bonds is 2. The van der Waals surface area contributed by atoms with Crippen molar-refractivity contribution in [2.24, 2.45) is 11.8 Å². The number of carbonyl (C=O) groups excluding carboxylic acids is 1. The van der Waals surface area contributed by atoms with E-state index in [9.17, 15) is 14.7 Å². The van der Waals surface area contributed by atoms with Crippen LogP contribution in [0.3, 0.4) is 0 Å². The third-order valence-corrected chi connectivity index (χ3v) is 4.66. The fourth-order valence-electron chi connectivity index (χ4n) is 3.36. The van der Waals surface area contributed by atoms with E-state index in [-0.39, 0.29) is 11.8 Å². The lowest BCUT2D eigenvalue weighted by Gasteiger charge is -2.38. The van der Waals surface area contributed by atoms with Gasteiger partial charge < -0.3 is 14.7 Å². The van der Waals surface area contributed by atoms with Crippen LogP contribution >= 0.6 is 0 Å². The van der Waals surface area contributed by atoms with E-state index in [1.807, 2.05) is 31.2 Å². The molecule has 22 heavy (non-hydrogen) atoms. The molecular formula is C17H21NO4. The number of benzene rings is 1. The minimum atomic E-state index is -0.906. The van der Waals surface area contributed by atoms with Crippen LogP contribution < -0.4 is 4.74 Å². The number of carboxylic acid groups (broad SMARTS) is 1. The summed E-state index contributed by atoms with van der Waals surface area (Å²) in [7, 11) is 0. The van der Waals surface area contributed by atoms with Gasteiger partial charge in [-0.1, -0.05) is 25.1 Å². The van der Waals surface area contributed by atoms with Gasteiger partial charge in [0.15, 0.2) is 0 Å². The number of nitrogens with zero attached hydrogens (tertiary/aromatic N) is 1. The maximum absolute atomic E-state index is 12.8. The Hall–Kier alpha value is -2.04. The van der Waals surface area contributed by atoms with Gasteiger partial charge >= 0.3 is 5.97 Å². The number of hydrogen-bond donors (Lipinski definition) is 1. The fourth-order valence-corrected chi connectivity index (χ4v) is 3.36. The first kappa shape index (κ1) is 14.9. The Morgan fingerprint density at radius 2 is 2.09 bits per heavy atom. The van der Waals surface area contributed by atoms with Crippen LogP contribution in [-0.4, -0.2) is 41.1 Å². The lowest BCUT2D eigenvalue weighted by molar-refractivity contribution is -0.155. The minimum absolute atomic E-state index is 0.0891. The molecule has 0 spiro atoms. The number of hydrogen-bond acceptors (Lipinski definition) is 3. The summed E-state index contributed by atoms with van der Waals surface area (Å²) in [5.74, 6) is -0.113. The zero-order valence-corrected chi connectivity index (χ0v) is 12.7. The molecule has 1 aromatic rings. The Balaban J connectivity index is 1.75. The first-order valence-electron chi connectivity index (χ1n) is 7.80. The number of ether oxygens (including phenoxy) is 1. The minimum Gasteiger partial charge on any atom is -0.492 e. The van der Waals surface area contributed by atoms with E-state index in [0.29, 0.717) is 31.9 Å². The second-order valence-electron chi connectivity index (χ2n) is 6.33. The quantitative estimate of drug-likeness (QED) is 0.907. The number of fused-ring (bicyclic) bond motifs is 1. The second kappa shape index (κ2) is 5.99. The molecule has 1 N–H and O–H groups in total. The Morgan fingerprint density at radius 1 is 1.32 bits per heavy atom. The van der Waals surface area contributed by atoms with Crippen molar-refractivity contribution < 1.29 is 19.4 Å². The monoisotopic (exact) mass is 303 g/mol. The Kier molecular flexibility index (Phi) is 4.05. The van der Waals surface area contributed by atoms with Crippen molar-refractivity contribution in [3.8, 4) is 5.75 Å². The van der Waals surface area contributed by atoms with Gasteiger partial charge in [0.2, 0.25) is 5.91 Å². The van der Waals surface area contributed by atoms with Crippen molar-refractivity contribution in [1.29, 1.82) is 0 Å². The summed E-state index contributed by atoms with van der Waals surface area (Å²) < 4.78 is 5.67. The second-order valence-corrected chi connectivity index (χ2v) is 6.33. The molecule has 1 fully saturated rings. The lowest BCUT2D eigenvalue weighted by atomic mass is 9.89. The van der Waals surface area contributed by atoms with E-state index in [4.69, 9.17) is 4.74 Å². The number of likely N-dealkylation sites (tertiary alicyclic amines) is 1. The van der Waals surface area contributed by atoms with Crippen LogP contribution in [0.4, 0.5) is 0 Å². The highest BCUT2D eigenvalue weighted by atomic mass is 16.5. The van der Waals surface area contributed by atoms with Gasteiger partial charge in [0, 0.05) is 6.54 Å². The van der Waals surface area contributed by atoms with Gasteiger partial charge in [0.25, 0.3) is 0 Å². The van der Waals surface area contributed by atoms with Crippen molar-refractivity contribution in [3.63, 3.8) is 0 Å². The summed E-state index contributed by atoms with van der Waals surface area (Å²) in [4.78, 5) is 25.8. The Morgan fingerprint density at radius 3 is 2.86 bits per heavy atom. The molecule has 3 rings (SSSR count). The molecule has 0 aliphatic carbocycles. The molecule has 1 saturated heterocycles. The smallest absolute Gasteiger partial charge is 0.326 e. The predicted molar refractivity (Wildman–Crippen MR) is 80.7 cm³/mol.